The van der Waals surface area contributed by atoms with Gasteiger partial charge in [-0.3, -0.25) is 0 Å². The number of aromatic nitrogens is 3. The van der Waals surface area contributed by atoms with Crippen LogP contribution in [0.25, 0.3) is 5.69 Å². The van der Waals surface area contributed by atoms with Crippen molar-refractivity contribution in [3.63, 3.8) is 0 Å². The van der Waals surface area contributed by atoms with Crippen LogP contribution in [0.1, 0.15) is 18.5 Å². The van der Waals surface area contributed by atoms with Gasteiger partial charge >= 0.3 is 0 Å². The number of aliphatic hydroxyl groups is 1. The van der Waals surface area contributed by atoms with Crippen molar-refractivity contribution in [2.75, 3.05) is 13.1 Å². The zero-order chi connectivity index (χ0) is 13.1. The second-order valence-electron chi connectivity index (χ2n) is 5.17. The zero-order valence-corrected chi connectivity index (χ0v) is 10.8. The van der Waals surface area contributed by atoms with E-state index in [-0.39, 0.29) is 0 Å². The summed E-state index contributed by atoms with van der Waals surface area (Å²) in [6.45, 7) is 1.62. The van der Waals surface area contributed by atoms with Crippen LogP contribution in [0, 0.1) is 0 Å². The Balaban J connectivity index is 1.75. The molecule has 100 valence electrons. The largest absolute Gasteiger partial charge is 0.388 e. The molecule has 2 heterocycles. The molecule has 1 unspecified atom stereocenters. The fraction of sp³-hybridized carbons (Fsp3) is 0.429. The van der Waals surface area contributed by atoms with Crippen molar-refractivity contribution in [2.24, 2.45) is 0 Å². The molecule has 5 heteroatoms. The van der Waals surface area contributed by atoms with Crippen molar-refractivity contribution >= 4 is 0 Å². The quantitative estimate of drug-likeness (QED) is 0.859. The Morgan fingerprint density at radius 2 is 2.16 bits per heavy atom. The highest BCUT2D eigenvalue weighted by molar-refractivity contribution is 5.30. The number of hydrogen-bond donors (Lipinski definition) is 2. The molecule has 5 nitrogen and oxygen atoms in total. The first-order chi connectivity index (χ1) is 9.25. The lowest BCUT2D eigenvalue weighted by molar-refractivity contribution is 0.0161. The van der Waals surface area contributed by atoms with Crippen LogP contribution in [-0.4, -0.2) is 38.8 Å². The molecule has 2 N–H and O–H groups in total. The molecule has 3 rings (SSSR count). The van der Waals surface area contributed by atoms with E-state index in [9.17, 15) is 5.11 Å². The van der Waals surface area contributed by atoms with Crippen molar-refractivity contribution in [1.82, 2.24) is 20.3 Å². The van der Waals surface area contributed by atoms with E-state index in [0.717, 1.165) is 30.8 Å². The Hall–Kier alpha value is -1.72. The highest BCUT2D eigenvalue weighted by atomic mass is 16.3. The van der Waals surface area contributed by atoms with Crippen LogP contribution in [0.15, 0.2) is 36.5 Å². The summed E-state index contributed by atoms with van der Waals surface area (Å²) in [4.78, 5) is 0. The predicted octanol–water partition coefficient (Wildman–Crippen LogP) is 0.924. The van der Waals surface area contributed by atoms with Gasteiger partial charge in [0.05, 0.1) is 23.2 Å². The molecule has 0 saturated carbocycles. The van der Waals surface area contributed by atoms with Gasteiger partial charge in [-0.2, -0.15) is 0 Å². The van der Waals surface area contributed by atoms with Crippen molar-refractivity contribution < 1.29 is 5.11 Å². The maximum absolute atomic E-state index is 10.5. The van der Waals surface area contributed by atoms with E-state index in [1.54, 1.807) is 4.68 Å². The molecule has 2 aromatic rings. The summed E-state index contributed by atoms with van der Waals surface area (Å²) in [5.74, 6) is 0. The third kappa shape index (κ3) is 2.83. The molecule has 1 atom stereocenters. The van der Waals surface area contributed by atoms with E-state index in [2.05, 4.69) is 15.6 Å². The molecular formula is C14H18N4O. The summed E-state index contributed by atoms with van der Waals surface area (Å²) in [5, 5.41) is 22.0. The molecule has 0 bridgehead atoms. The normalized spacial score (nSPS) is 23.4. The summed E-state index contributed by atoms with van der Waals surface area (Å²) in [6.07, 6.45) is 4.26. The second kappa shape index (κ2) is 5.11. The molecule has 1 aromatic carbocycles. The first-order valence-corrected chi connectivity index (χ1v) is 6.65. The lowest BCUT2D eigenvalue weighted by Gasteiger charge is -2.31. The van der Waals surface area contributed by atoms with Gasteiger partial charge in [0.1, 0.15) is 0 Å². The SMILES string of the molecule is OC1(Cc2cn(-c3ccccc3)nn2)CCCNC1. The molecule has 1 saturated heterocycles. The fourth-order valence-electron chi connectivity index (χ4n) is 2.53. The Morgan fingerprint density at radius 3 is 2.89 bits per heavy atom. The molecule has 0 spiro atoms. The minimum Gasteiger partial charge on any atom is -0.388 e. The number of nitrogens with one attached hydrogen (secondary N) is 1. The van der Waals surface area contributed by atoms with Gasteiger partial charge in [0.25, 0.3) is 0 Å². The van der Waals surface area contributed by atoms with Gasteiger partial charge in [0.2, 0.25) is 0 Å². The zero-order valence-electron chi connectivity index (χ0n) is 10.8. The molecule has 1 aliphatic rings. The van der Waals surface area contributed by atoms with Crippen LogP contribution < -0.4 is 5.32 Å². The maximum Gasteiger partial charge on any atom is 0.0860 e. The highest BCUT2D eigenvalue weighted by Gasteiger charge is 2.30. The lowest BCUT2D eigenvalue weighted by Crippen LogP contribution is -2.47. The standard InChI is InChI=1S/C14H18N4O/c19-14(7-4-8-15-11-14)9-12-10-18(17-16-12)13-5-2-1-3-6-13/h1-3,5-6,10,15,19H,4,7-9,11H2. The third-order valence-corrected chi connectivity index (χ3v) is 3.52. The smallest absolute Gasteiger partial charge is 0.0860 e. The first-order valence-electron chi connectivity index (χ1n) is 6.65. The first kappa shape index (κ1) is 12.3. The summed E-state index contributed by atoms with van der Waals surface area (Å²) in [7, 11) is 0. The van der Waals surface area contributed by atoms with Gasteiger partial charge in [-0.1, -0.05) is 23.4 Å². The van der Waals surface area contributed by atoms with Gasteiger partial charge in [-0.25, -0.2) is 4.68 Å². The van der Waals surface area contributed by atoms with E-state index >= 15 is 0 Å². The second-order valence-corrected chi connectivity index (χ2v) is 5.17. The van der Waals surface area contributed by atoms with Gasteiger partial charge < -0.3 is 10.4 Å². The van der Waals surface area contributed by atoms with Crippen molar-refractivity contribution in [3.8, 4) is 5.69 Å². The van der Waals surface area contributed by atoms with Crippen molar-refractivity contribution in [3.05, 3.63) is 42.2 Å². The number of nitrogens with zero attached hydrogens (tertiary/aromatic N) is 3. The Kier molecular flexibility index (Phi) is 3.31. The van der Waals surface area contributed by atoms with Crippen molar-refractivity contribution in [1.29, 1.82) is 0 Å². The van der Waals surface area contributed by atoms with E-state index in [4.69, 9.17) is 0 Å². The minimum absolute atomic E-state index is 0.548. The molecule has 0 amide bonds. The Labute approximate surface area is 112 Å². The van der Waals surface area contributed by atoms with E-state index < -0.39 is 5.60 Å². The van der Waals surface area contributed by atoms with Gasteiger partial charge in [-0.05, 0) is 31.5 Å². The van der Waals surface area contributed by atoms with Crippen LogP contribution in [0.3, 0.4) is 0 Å². The predicted molar refractivity (Wildman–Crippen MR) is 72.1 cm³/mol. The number of piperidine rings is 1. The molecule has 19 heavy (non-hydrogen) atoms. The van der Waals surface area contributed by atoms with Crippen LogP contribution in [0.2, 0.25) is 0 Å². The van der Waals surface area contributed by atoms with Crippen LogP contribution >= 0.6 is 0 Å². The molecule has 0 aliphatic carbocycles. The molecule has 1 aliphatic heterocycles. The topological polar surface area (TPSA) is 63.0 Å². The number of hydrogen-bond acceptors (Lipinski definition) is 4. The molecule has 1 fully saturated rings. The number of benzene rings is 1. The molecule has 1 aromatic heterocycles. The monoisotopic (exact) mass is 258 g/mol. The lowest BCUT2D eigenvalue weighted by atomic mass is 9.90. The van der Waals surface area contributed by atoms with E-state index in [0.29, 0.717) is 13.0 Å². The van der Waals surface area contributed by atoms with E-state index in [1.807, 2.05) is 36.5 Å². The number of rotatable bonds is 3. The Morgan fingerprint density at radius 1 is 1.32 bits per heavy atom. The average Bonchev–Trinajstić information content (AvgIpc) is 2.88. The van der Waals surface area contributed by atoms with E-state index in [1.165, 1.54) is 0 Å². The Bertz CT molecular complexity index is 531. The third-order valence-electron chi connectivity index (χ3n) is 3.52. The maximum atomic E-state index is 10.5. The number of para-hydroxylation sites is 1. The van der Waals surface area contributed by atoms with Gasteiger partial charge in [0, 0.05) is 13.0 Å². The average molecular weight is 258 g/mol. The van der Waals surface area contributed by atoms with Gasteiger partial charge in [-0.15, -0.1) is 5.10 Å². The fourth-order valence-corrected chi connectivity index (χ4v) is 2.53. The van der Waals surface area contributed by atoms with Crippen LogP contribution in [0.5, 0.6) is 0 Å². The van der Waals surface area contributed by atoms with Crippen molar-refractivity contribution in [2.45, 2.75) is 24.9 Å². The van der Waals surface area contributed by atoms with Crippen LogP contribution in [-0.2, 0) is 6.42 Å². The number of β-amino-alcohol motifs (C(OH)–C–C–N with tert-alkyl or cyclic N) is 1. The van der Waals surface area contributed by atoms with Crippen LogP contribution in [0.4, 0.5) is 0 Å². The van der Waals surface area contributed by atoms with Gasteiger partial charge in [0.15, 0.2) is 0 Å². The highest BCUT2D eigenvalue weighted by Crippen LogP contribution is 2.20. The minimum atomic E-state index is -0.685. The molecular weight excluding hydrogens is 240 g/mol. The summed E-state index contributed by atoms with van der Waals surface area (Å²) < 4.78 is 1.74. The summed E-state index contributed by atoms with van der Waals surface area (Å²) in [6, 6.07) is 9.87. The molecule has 0 radical (unpaired) electrons. The summed E-state index contributed by atoms with van der Waals surface area (Å²) in [5.41, 5.74) is 1.13. The summed E-state index contributed by atoms with van der Waals surface area (Å²) >= 11 is 0.